The Bertz CT molecular complexity index is 1100. The number of benzene rings is 1. The van der Waals surface area contributed by atoms with Crippen molar-refractivity contribution in [2.75, 3.05) is 11.4 Å². The zero-order valence-corrected chi connectivity index (χ0v) is 20.2. The highest BCUT2D eigenvalue weighted by Gasteiger charge is 2.37. The van der Waals surface area contributed by atoms with Crippen LogP contribution in [0.4, 0.5) is 5.69 Å². The summed E-state index contributed by atoms with van der Waals surface area (Å²) in [7, 11) is 0. The van der Waals surface area contributed by atoms with Gasteiger partial charge in [-0.15, -0.1) is 11.3 Å². The topological polar surface area (TPSA) is 91.7 Å². The molecule has 0 aliphatic rings. The van der Waals surface area contributed by atoms with Gasteiger partial charge in [-0.25, -0.2) is 0 Å². The third-order valence-electron chi connectivity index (χ3n) is 5.19. The van der Waals surface area contributed by atoms with Gasteiger partial charge in [0, 0.05) is 5.54 Å². The first-order valence-electron chi connectivity index (χ1n) is 10.5. The van der Waals surface area contributed by atoms with Gasteiger partial charge in [-0.05, 0) is 56.0 Å². The normalized spacial score (nSPS) is 12.1. The van der Waals surface area contributed by atoms with E-state index in [1.165, 1.54) is 22.5 Å². The van der Waals surface area contributed by atoms with Crippen LogP contribution < -0.4 is 15.5 Å². The number of furan rings is 1. The summed E-state index contributed by atoms with van der Waals surface area (Å²) < 4.78 is 5.56. The first-order valence-corrected chi connectivity index (χ1v) is 11.7. The molecule has 1 atom stereocenters. The number of carbonyl (C=O) groups excluding carboxylic acids is 3. The fourth-order valence-corrected chi connectivity index (χ4v) is 3.98. The Morgan fingerprint density at radius 3 is 2.48 bits per heavy atom. The van der Waals surface area contributed by atoms with Crippen molar-refractivity contribution >= 4 is 46.3 Å². The molecule has 174 valence electrons. The summed E-state index contributed by atoms with van der Waals surface area (Å²) in [6.45, 7) is 5.42. The second kappa shape index (κ2) is 10.7. The van der Waals surface area contributed by atoms with Crippen LogP contribution in [-0.4, -0.2) is 29.8 Å². The number of hydrogen-bond donors (Lipinski definition) is 2. The van der Waals surface area contributed by atoms with E-state index in [1.54, 1.807) is 53.9 Å². The Balaban J connectivity index is 1.98. The minimum Gasteiger partial charge on any atom is -0.467 e. The molecule has 7 nitrogen and oxygen atoms in total. The molecule has 3 rings (SSSR count). The minimum absolute atomic E-state index is 0.275. The first kappa shape index (κ1) is 24.5. The SMILES string of the molecule is CCC(C)(C)NC(=O)[C@H](c1ccco1)N(C(=O)CNC(=O)c1cccs1)c1ccccc1Cl. The predicted octanol–water partition coefficient (Wildman–Crippen LogP) is 4.80. The number of rotatable bonds is 9. The number of halogens is 1. The van der Waals surface area contributed by atoms with Crippen molar-refractivity contribution in [1.82, 2.24) is 10.6 Å². The number of nitrogens with zero attached hydrogens (tertiary/aromatic N) is 1. The molecule has 0 spiro atoms. The van der Waals surface area contributed by atoms with Crippen molar-refractivity contribution in [3.63, 3.8) is 0 Å². The van der Waals surface area contributed by atoms with E-state index in [0.717, 1.165) is 0 Å². The van der Waals surface area contributed by atoms with E-state index in [-0.39, 0.29) is 23.2 Å². The summed E-state index contributed by atoms with van der Waals surface area (Å²) in [6.07, 6.45) is 2.12. The molecule has 2 aromatic heterocycles. The summed E-state index contributed by atoms with van der Waals surface area (Å²) >= 11 is 7.71. The number of anilines is 1. The van der Waals surface area contributed by atoms with Gasteiger partial charge in [0.15, 0.2) is 6.04 Å². The second-order valence-electron chi connectivity index (χ2n) is 8.02. The molecule has 33 heavy (non-hydrogen) atoms. The number of hydrogen-bond acceptors (Lipinski definition) is 5. The molecule has 0 aliphatic heterocycles. The summed E-state index contributed by atoms with van der Waals surface area (Å²) in [5, 5.41) is 7.68. The van der Waals surface area contributed by atoms with Gasteiger partial charge in [-0.3, -0.25) is 19.3 Å². The second-order valence-corrected chi connectivity index (χ2v) is 9.37. The number of nitrogens with one attached hydrogen (secondary N) is 2. The average Bonchev–Trinajstić information content (AvgIpc) is 3.50. The Hall–Kier alpha value is -3.10. The molecule has 3 aromatic rings. The van der Waals surface area contributed by atoms with E-state index in [4.69, 9.17) is 16.0 Å². The van der Waals surface area contributed by atoms with Crippen LogP contribution in [0.3, 0.4) is 0 Å². The third kappa shape index (κ3) is 6.03. The predicted molar refractivity (Wildman–Crippen MR) is 130 cm³/mol. The zero-order valence-electron chi connectivity index (χ0n) is 18.6. The van der Waals surface area contributed by atoms with Crippen LogP contribution >= 0.6 is 22.9 Å². The van der Waals surface area contributed by atoms with Crippen molar-refractivity contribution in [1.29, 1.82) is 0 Å². The maximum Gasteiger partial charge on any atom is 0.261 e. The van der Waals surface area contributed by atoms with Gasteiger partial charge >= 0.3 is 0 Å². The Morgan fingerprint density at radius 2 is 1.88 bits per heavy atom. The van der Waals surface area contributed by atoms with E-state index in [2.05, 4.69) is 10.6 Å². The van der Waals surface area contributed by atoms with Gasteiger partial charge in [-0.1, -0.05) is 36.7 Å². The van der Waals surface area contributed by atoms with E-state index < -0.39 is 23.4 Å². The van der Waals surface area contributed by atoms with Crippen molar-refractivity contribution in [2.45, 2.75) is 38.8 Å². The molecule has 2 heterocycles. The summed E-state index contributed by atoms with van der Waals surface area (Å²) in [6, 6.07) is 12.3. The molecule has 1 aromatic carbocycles. The molecule has 0 bridgehead atoms. The van der Waals surface area contributed by atoms with E-state index >= 15 is 0 Å². The summed E-state index contributed by atoms with van der Waals surface area (Å²) in [5.41, 5.74) is -0.176. The highest BCUT2D eigenvalue weighted by Crippen LogP contribution is 2.34. The molecule has 2 N–H and O–H groups in total. The quantitative estimate of drug-likeness (QED) is 0.453. The molecule has 9 heteroatoms. The van der Waals surface area contributed by atoms with Crippen LogP contribution in [0.5, 0.6) is 0 Å². The van der Waals surface area contributed by atoms with E-state index in [0.29, 0.717) is 17.0 Å². The van der Waals surface area contributed by atoms with Gasteiger partial charge in [0.1, 0.15) is 5.76 Å². The molecular weight excluding hydrogens is 462 g/mol. The fourth-order valence-electron chi connectivity index (χ4n) is 3.11. The summed E-state index contributed by atoms with van der Waals surface area (Å²) in [4.78, 5) is 41.1. The smallest absolute Gasteiger partial charge is 0.261 e. The Kier molecular flexibility index (Phi) is 7.94. The maximum atomic E-state index is 13.5. The third-order valence-corrected chi connectivity index (χ3v) is 6.38. The molecule has 0 saturated heterocycles. The lowest BCUT2D eigenvalue weighted by molar-refractivity contribution is -0.128. The molecule has 0 unspecified atom stereocenters. The highest BCUT2D eigenvalue weighted by atomic mass is 35.5. The standard InChI is InChI=1S/C24H26ClN3O4S/c1-4-24(2,3)27-23(31)21(18-11-7-13-32-18)28(17-10-6-5-9-16(17)25)20(29)15-26-22(30)19-12-8-14-33-19/h5-14,21H,4,15H2,1-3H3,(H,26,30)(H,27,31)/t21-/m0/s1. The van der Waals surface area contributed by atoms with Crippen LogP contribution in [-0.2, 0) is 9.59 Å². The van der Waals surface area contributed by atoms with Gasteiger partial charge in [0.2, 0.25) is 5.91 Å². The molecule has 0 saturated carbocycles. The van der Waals surface area contributed by atoms with Crippen molar-refractivity contribution in [2.24, 2.45) is 0 Å². The van der Waals surface area contributed by atoms with Gasteiger partial charge < -0.3 is 15.1 Å². The number of para-hydroxylation sites is 1. The van der Waals surface area contributed by atoms with Crippen LogP contribution in [0.2, 0.25) is 5.02 Å². The average molecular weight is 488 g/mol. The van der Waals surface area contributed by atoms with E-state index in [1.807, 2.05) is 20.8 Å². The van der Waals surface area contributed by atoms with Gasteiger partial charge in [0.05, 0.1) is 28.4 Å². The van der Waals surface area contributed by atoms with Crippen LogP contribution in [0.1, 0.15) is 48.7 Å². The van der Waals surface area contributed by atoms with Crippen LogP contribution in [0.15, 0.2) is 64.6 Å². The molecular formula is C24H26ClN3O4S. The monoisotopic (exact) mass is 487 g/mol. The lowest BCUT2D eigenvalue weighted by atomic mass is 10.0. The number of amides is 3. The number of thiophene rings is 1. The zero-order chi connectivity index (χ0) is 24.0. The largest absolute Gasteiger partial charge is 0.467 e. The van der Waals surface area contributed by atoms with E-state index in [9.17, 15) is 14.4 Å². The van der Waals surface area contributed by atoms with Gasteiger partial charge in [-0.2, -0.15) is 0 Å². The maximum absolute atomic E-state index is 13.5. The fraction of sp³-hybridized carbons (Fsp3) is 0.292. The highest BCUT2D eigenvalue weighted by molar-refractivity contribution is 7.12. The minimum atomic E-state index is -1.13. The Labute approximate surface area is 201 Å². The Morgan fingerprint density at radius 1 is 1.12 bits per heavy atom. The van der Waals surface area contributed by atoms with Gasteiger partial charge in [0.25, 0.3) is 11.8 Å². The van der Waals surface area contributed by atoms with Crippen LogP contribution in [0, 0.1) is 0 Å². The van der Waals surface area contributed by atoms with Crippen molar-refractivity contribution in [3.8, 4) is 0 Å². The van der Waals surface area contributed by atoms with Crippen LogP contribution in [0.25, 0.3) is 0 Å². The van der Waals surface area contributed by atoms with Crippen molar-refractivity contribution in [3.05, 3.63) is 75.8 Å². The first-order chi connectivity index (χ1) is 15.7. The van der Waals surface area contributed by atoms with Crippen molar-refractivity contribution < 1.29 is 18.8 Å². The number of carbonyl (C=O) groups is 3. The lowest BCUT2D eigenvalue weighted by Crippen LogP contribution is -2.52. The lowest BCUT2D eigenvalue weighted by Gasteiger charge is -2.33. The molecule has 0 fully saturated rings. The molecule has 0 radical (unpaired) electrons. The molecule has 3 amide bonds. The summed E-state index contributed by atoms with van der Waals surface area (Å²) in [5.74, 6) is -1.03. The molecule has 0 aliphatic carbocycles.